The van der Waals surface area contributed by atoms with Crippen LogP contribution in [0.25, 0.3) is 0 Å². The van der Waals surface area contributed by atoms with Gasteiger partial charge in [-0.2, -0.15) is 0 Å². The lowest BCUT2D eigenvalue weighted by molar-refractivity contribution is 0.464. The van der Waals surface area contributed by atoms with Crippen LogP contribution in [0.3, 0.4) is 0 Å². The van der Waals surface area contributed by atoms with E-state index in [0.717, 1.165) is 11.5 Å². The second kappa shape index (κ2) is 5.80. The van der Waals surface area contributed by atoms with Crippen LogP contribution in [0.2, 0.25) is 5.02 Å². The van der Waals surface area contributed by atoms with Gasteiger partial charge in [-0.15, -0.1) is 0 Å². The lowest BCUT2D eigenvalue weighted by Crippen LogP contribution is -2.14. The molecule has 2 aromatic rings. The van der Waals surface area contributed by atoms with E-state index < -0.39 is 0 Å². The second-order valence-electron chi connectivity index (χ2n) is 3.94. The van der Waals surface area contributed by atoms with E-state index >= 15 is 0 Å². The van der Waals surface area contributed by atoms with Gasteiger partial charge in [-0.1, -0.05) is 17.7 Å². The molecule has 1 heterocycles. The Balaban J connectivity index is 1.97. The van der Waals surface area contributed by atoms with E-state index in [1.807, 2.05) is 13.0 Å². The number of rotatable bonds is 4. The fourth-order valence-electron chi connectivity index (χ4n) is 1.64. The first-order valence-corrected chi connectivity index (χ1v) is 6.00. The average molecular weight is 264 g/mol. The minimum Gasteiger partial charge on any atom is -0.508 e. The summed E-state index contributed by atoms with van der Waals surface area (Å²) in [5, 5.41) is 13.4. The number of halogens is 1. The number of nitrogens with one attached hydrogen (secondary N) is 1. The number of nitrogens with zero attached hydrogens (tertiary/aromatic N) is 2. The van der Waals surface area contributed by atoms with E-state index in [1.165, 1.54) is 0 Å². The normalized spacial score (nSPS) is 10.6. The molecule has 5 heteroatoms. The molecule has 18 heavy (non-hydrogen) atoms. The lowest BCUT2D eigenvalue weighted by Gasteiger charge is -2.08. The van der Waals surface area contributed by atoms with Crippen molar-refractivity contribution in [3.05, 3.63) is 52.6 Å². The first-order chi connectivity index (χ1) is 8.66. The van der Waals surface area contributed by atoms with Crippen LogP contribution in [0, 0.1) is 6.92 Å². The summed E-state index contributed by atoms with van der Waals surface area (Å²) < 4.78 is 0. The molecule has 0 amide bonds. The minimum absolute atomic E-state index is 0.203. The molecule has 0 spiro atoms. The monoisotopic (exact) mass is 263 g/mol. The van der Waals surface area contributed by atoms with Crippen LogP contribution in [-0.2, 0) is 13.1 Å². The fourth-order valence-corrected chi connectivity index (χ4v) is 1.88. The molecule has 0 unspecified atom stereocenters. The van der Waals surface area contributed by atoms with Crippen LogP contribution in [0.5, 0.6) is 5.75 Å². The Hall–Kier alpha value is -1.65. The molecule has 94 valence electrons. The highest BCUT2D eigenvalue weighted by Gasteiger charge is 2.05. The van der Waals surface area contributed by atoms with Crippen molar-refractivity contribution in [2.24, 2.45) is 0 Å². The van der Waals surface area contributed by atoms with Gasteiger partial charge in [0.05, 0.1) is 5.69 Å². The van der Waals surface area contributed by atoms with Gasteiger partial charge in [0, 0.05) is 29.9 Å². The Morgan fingerprint density at radius 3 is 2.83 bits per heavy atom. The van der Waals surface area contributed by atoms with E-state index in [2.05, 4.69) is 15.3 Å². The Morgan fingerprint density at radius 1 is 1.28 bits per heavy atom. The largest absolute Gasteiger partial charge is 0.508 e. The molecule has 0 atom stereocenters. The van der Waals surface area contributed by atoms with Crippen molar-refractivity contribution in [2.45, 2.75) is 20.0 Å². The van der Waals surface area contributed by atoms with Gasteiger partial charge in [-0.3, -0.25) is 0 Å². The van der Waals surface area contributed by atoms with Crippen LogP contribution in [-0.4, -0.2) is 15.1 Å². The van der Waals surface area contributed by atoms with Crippen LogP contribution < -0.4 is 5.32 Å². The van der Waals surface area contributed by atoms with Gasteiger partial charge < -0.3 is 10.4 Å². The maximum absolute atomic E-state index is 9.68. The van der Waals surface area contributed by atoms with Gasteiger partial charge >= 0.3 is 0 Å². The standard InChI is InChI=1S/C13H14ClN3O/c1-9-16-6-5-10(17-9)7-15-8-11-12(14)3-2-4-13(11)18/h2-6,15,18H,7-8H2,1H3. The number of aromatic hydroxyl groups is 1. The maximum atomic E-state index is 9.68. The highest BCUT2D eigenvalue weighted by Crippen LogP contribution is 2.24. The number of aromatic nitrogens is 2. The van der Waals surface area contributed by atoms with Gasteiger partial charge in [-0.25, -0.2) is 9.97 Å². The Morgan fingerprint density at radius 2 is 2.11 bits per heavy atom. The molecular formula is C13H14ClN3O. The van der Waals surface area contributed by atoms with Crippen molar-refractivity contribution in [2.75, 3.05) is 0 Å². The number of hydrogen-bond acceptors (Lipinski definition) is 4. The van der Waals surface area contributed by atoms with Gasteiger partial charge in [0.1, 0.15) is 11.6 Å². The Labute approximate surface area is 111 Å². The van der Waals surface area contributed by atoms with Gasteiger partial charge in [0.2, 0.25) is 0 Å². The maximum Gasteiger partial charge on any atom is 0.125 e. The van der Waals surface area contributed by atoms with E-state index in [-0.39, 0.29) is 5.75 Å². The fraction of sp³-hybridized carbons (Fsp3) is 0.231. The smallest absolute Gasteiger partial charge is 0.125 e. The van der Waals surface area contributed by atoms with E-state index in [0.29, 0.717) is 23.7 Å². The van der Waals surface area contributed by atoms with Gasteiger partial charge in [0.15, 0.2) is 0 Å². The summed E-state index contributed by atoms with van der Waals surface area (Å²) in [6.45, 7) is 2.95. The highest BCUT2D eigenvalue weighted by atomic mass is 35.5. The summed E-state index contributed by atoms with van der Waals surface area (Å²) in [5.74, 6) is 0.948. The third-order valence-corrected chi connectivity index (χ3v) is 2.89. The molecule has 4 nitrogen and oxygen atoms in total. The summed E-state index contributed by atoms with van der Waals surface area (Å²) in [6.07, 6.45) is 1.73. The molecule has 1 aromatic heterocycles. The molecular weight excluding hydrogens is 250 g/mol. The number of hydrogen-bond donors (Lipinski definition) is 2. The van der Waals surface area contributed by atoms with Crippen LogP contribution in [0.4, 0.5) is 0 Å². The van der Waals surface area contributed by atoms with Crippen molar-refractivity contribution < 1.29 is 5.11 Å². The molecule has 0 aliphatic rings. The zero-order valence-electron chi connectivity index (χ0n) is 10.0. The van der Waals surface area contributed by atoms with Gasteiger partial charge in [0.25, 0.3) is 0 Å². The Bertz CT molecular complexity index is 525. The number of aryl methyl sites for hydroxylation is 1. The minimum atomic E-state index is 0.203. The predicted molar refractivity (Wildman–Crippen MR) is 70.4 cm³/mol. The van der Waals surface area contributed by atoms with Crippen molar-refractivity contribution in [1.29, 1.82) is 0 Å². The third kappa shape index (κ3) is 3.18. The summed E-state index contributed by atoms with van der Waals surface area (Å²) in [5.41, 5.74) is 1.61. The van der Waals surface area contributed by atoms with Crippen LogP contribution >= 0.6 is 11.6 Å². The third-order valence-electron chi connectivity index (χ3n) is 2.54. The zero-order chi connectivity index (χ0) is 13.0. The molecule has 0 saturated heterocycles. The average Bonchev–Trinajstić information content (AvgIpc) is 2.33. The number of phenols is 1. The molecule has 1 aromatic carbocycles. The molecule has 2 N–H and O–H groups in total. The lowest BCUT2D eigenvalue weighted by atomic mass is 10.2. The molecule has 0 fully saturated rings. The summed E-state index contributed by atoms with van der Waals surface area (Å²) in [6, 6.07) is 6.95. The second-order valence-corrected chi connectivity index (χ2v) is 4.34. The quantitative estimate of drug-likeness (QED) is 0.890. The van der Waals surface area contributed by atoms with E-state index in [4.69, 9.17) is 11.6 Å². The number of benzene rings is 1. The van der Waals surface area contributed by atoms with E-state index in [9.17, 15) is 5.11 Å². The number of phenolic OH excluding ortho intramolecular Hbond substituents is 1. The summed E-state index contributed by atoms with van der Waals surface area (Å²) in [4.78, 5) is 8.31. The molecule has 0 saturated carbocycles. The van der Waals surface area contributed by atoms with Crippen molar-refractivity contribution in [3.8, 4) is 5.75 Å². The van der Waals surface area contributed by atoms with Crippen molar-refractivity contribution in [3.63, 3.8) is 0 Å². The first-order valence-electron chi connectivity index (χ1n) is 5.62. The van der Waals surface area contributed by atoms with Gasteiger partial charge in [-0.05, 0) is 25.1 Å². The summed E-state index contributed by atoms with van der Waals surface area (Å²) in [7, 11) is 0. The van der Waals surface area contributed by atoms with Crippen LogP contribution in [0.15, 0.2) is 30.5 Å². The first kappa shape index (κ1) is 12.8. The van der Waals surface area contributed by atoms with Crippen molar-refractivity contribution >= 4 is 11.6 Å². The zero-order valence-corrected chi connectivity index (χ0v) is 10.8. The molecule has 2 rings (SSSR count). The SMILES string of the molecule is Cc1nccc(CNCc2c(O)cccc2Cl)n1. The van der Waals surface area contributed by atoms with Crippen LogP contribution in [0.1, 0.15) is 17.1 Å². The van der Waals surface area contributed by atoms with E-state index in [1.54, 1.807) is 24.4 Å². The highest BCUT2D eigenvalue weighted by molar-refractivity contribution is 6.31. The topological polar surface area (TPSA) is 58.0 Å². The summed E-state index contributed by atoms with van der Waals surface area (Å²) >= 11 is 6.01. The predicted octanol–water partition coefficient (Wildman–Crippen LogP) is 2.43. The Kier molecular flexibility index (Phi) is 4.12. The molecule has 0 aliphatic heterocycles. The molecule has 0 bridgehead atoms. The molecule has 0 aliphatic carbocycles. The van der Waals surface area contributed by atoms with Crippen molar-refractivity contribution in [1.82, 2.24) is 15.3 Å². The molecule has 0 radical (unpaired) electrons.